The van der Waals surface area contributed by atoms with Gasteiger partial charge in [-0.15, -0.1) is 0 Å². The third-order valence-electron chi connectivity index (χ3n) is 15.0. The predicted octanol–water partition coefficient (Wildman–Crippen LogP) is 12.5. The van der Waals surface area contributed by atoms with Crippen LogP contribution in [-0.4, -0.2) is 105 Å². The van der Waals surface area contributed by atoms with Gasteiger partial charge in [-0.1, -0.05) is 99.9 Å². The van der Waals surface area contributed by atoms with Gasteiger partial charge in [0.15, 0.2) is 0 Å². The van der Waals surface area contributed by atoms with Crippen molar-refractivity contribution in [1.29, 1.82) is 0 Å². The summed E-state index contributed by atoms with van der Waals surface area (Å²) >= 11 is 3.38. The van der Waals surface area contributed by atoms with Crippen molar-refractivity contribution >= 4 is 84.6 Å². The number of hydrogen-bond donors (Lipinski definition) is 5. The van der Waals surface area contributed by atoms with Gasteiger partial charge in [0.1, 0.15) is 47.0 Å². The van der Waals surface area contributed by atoms with E-state index in [1.807, 2.05) is 45.1 Å². The normalized spacial score (nSPS) is 13.4. The van der Waals surface area contributed by atoms with E-state index < -0.39 is 39.2 Å². The number of nitrogens with one attached hydrogen (secondary N) is 4. The number of anilines is 2. The highest BCUT2D eigenvalue weighted by molar-refractivity contribution is 9.08. The molecule has 4 aromatic carbocycles. The van der Waals surface area contributed by atoms with Crippen LogP contribution in [0.1, 0.15) is 102 Å². The Bertz CT molecular complexity index is 4860. The first-order valence-electron chi connectivity index (χ1n) is 30.6. The van der Waals surface area contributed by atoms with Crippen LogP contribution in [0.2, 0.25) is 0 Å². The average Bonchev–Trinajstić information content (AvgIpc) is 1.62. The Kier molecular flexibility index (Phi) is 25.4. The van der Waals surface area contributed by atoms with E-state index >= 15 is 0 Å². The minimum atomic E-state index is -4.39. The lowest BCUT2D eigenvalue weighted by Gasteiger charge is -2.23. The predicted molar refractivity (Wildman–Crippen MR) is 365 cm³/mol. The van der Waals surface area contributed by atoms with Crippen LogP contribution in [0.5, 0.6) is 0 Å². The fraction of sp³-hybridized carbons (Fsp3) is 0.206. The molecule has 6 N–H and O–H groups in total. The molecule has 0 saturated carbocycles. The number of amides is 3. The number of hydrogen-bond acceptors (Lipinski definition) is 16. The highest BCUT2D eigenvalue weighted by atomic mass is 79.9. The van der Waals surface area contributed by atoms with Gasteiger partial charge in [0, 0.05) is 47.8 Å². The molecule has 0 radical (unpaired) electrons. The Balaban J connectivity index is 0.000000166. The zero-order valence-corrected chi connectivity index (χ0v) is 56.1. The monoisotopic (exact) mass is 1470 g/mol. The summed E-state index contributed by atoms with van der Waals surface area (Å²) in [6.07, 6.45) is 4.46. The number of benzene rings is 4. The van der Waals surface area contributed by atoms with E-state index in [1.54, 1.807) is 36.8 Å². The third-order valence-corrected chi connectivity index (χ3v) is 15.7. The molecule has 102 heavy (non-hydrogen) atoms. The summed E-state index contributed by atoms with van der Waals surface area (Å²) in [7, 11) is 0. The second-order valence-electron chi connectivity index (χ2n) is 22.7. The van der Waals surface area contributed by atoms with E-state index in [9.17, 15) is 61.0 Å². The summed E-state index contributed by atoms with van der Waals surface area (Å²) < 4.78 is 83.7. The van der Waals surface area contributed by atoms with E-state index in [1.165, 1.54) is 74.5 Å². The molecule has 12 aromatic rings. The molecule has 3 amide bonds. The first kappa shape index (κ1) is 75.3. The summed E-state index contributed by atoms with van der Waals surface area (Å²) in [5.74, 6) is -0.631. The van der Waals surface area contributed by atoms with E-state index in [0.717, 1.165) is 65.0 Å². The van der Waals surface area contributed by atoms with Crippen molar-refractivity contribution in [3.63, 3.8) is 0 Å². The second kappa shape index (κ2) is 34.4. The maximum absolute atomic E-state index is 12.8. The Morgan fingerprint density at radius 3 is 1.54 bits per heavy atom. The molecule has 0 saturated heterocycles. The van der Waals surface area contributed by atoms with E-state index in [2.05, 4.69) is 137 Å². The van der Waals surface area contributed by atoms with Gasteiger partial charge in [0.2, 0.25) is 0 Å². The van der Waals surface area contributed by atoms with Crippen LogP contribution in [0.3, 0.4) is 0 Å². The van der Waals surface area contributed by atoms with Gasteiger partial charge in [-0.2, -0.15) is 56.3 Å². The number of halogens is 7. The minimum absolute atomic E-state index is 0.000518. The lowest BCUT2D eigenvalue weighted by Crippen LogP contribution is -2.37. The van der Waals surface area contributed by atoms with Gasteiger partial charge in [-0.25, -0.2) is 9.97 Å². The van der Waals surface area contributed by atoms with E-state index in [4.69, 9.17) is 15.3 Å². The van der Waals surface area contributed by atoms with Gasteiger partial charge in [0.25, 0.3) is 17.7 Å². The van der Waals surface area contributed by atoms with E-state index in [-0.39, 0.29) is 60.2 Å². The highest BCUT2D eigenvalue weighted by Gasteiger charge is 2.32. The van der Waals surface area contributed by atoms with Crippen LogP contribution >= 0.6 is 15.9 Å². The van der Waals surface area contributed by atoms with Gasteiger partial charge in [0.05, 0.1) is 82.7 Å². The van der Waals surface area contributed by atoms with E-state index in [0.29, 0.717) is 52.6 Å². The lowest BCUT2D eigenvalue weighted by atomic mass is 10.1. The second-order valence-corrected chi connectivity index (χ2v) is 23.3. The van der Waals surface area contributed by atoms with Crippen LogP contribution < -0.4 is 21.7 Å². The summed E-state index contributed by atoms with van der Waals surface area (Å²) in [6.45, 7) is 10.6. The van der Waals surface area contributed by atoms with Crippen LogP contribution in [-0.2, 0) is 46.9 Å². The number of carbonyl (C=O) groups is 3. The SMILES string of the molecule is C[C@@H]1CNC(=O)c2cc3ccc(C(=O)Nc4cnn(Cc5ccc(C(F)(F)F)cc5)c4)nc3n21.C[C@@H]1CNC(=O)c2cc3cccnc3n21.Cc1ccc(CBr)cc1.Cc1ccc(Cn2cc(N)cn2)cc1.O=C=O.O=[N+]([O-])c1cn[nH]c1.O=[N+]([O-])c1cnn(Cc2ccc(C(F)(F)F)cc2)c1. The fourth-order valence-corrected chi connectivity index (χ4v) is 10.3. The van der Waals surface area contributed by atoms with Crippen molar-refractivity contribution < 1.29 is 60.2 Å². The van der Waals surface area contributed by atoms with Gasteiger partial charge >= 0.3 is 29.9 Å². The molecule has 14 rings (SSSR count). The highest BCUT2D eigenvalue weighted by Crippen LogP contribution is 2.32. The summed E-state index contributed by atoms with van der Waals surface area (Å²) in [5, 5.41) is 49.1. The Morgan fingerprint density at radius 1 is 0.627 bits per heavy atom. The topological polar surface area (TPSA) is 352 Å². The van der Waals surface area contributed by atoms with Gasteiger partial charge in [-0.05, 0) is 111 Å². The molecular formula is C68H63BrF6N18O9. The molecule has 0 fully saturated rings. The number of alkyl halides is 7. The third kappa shape index (κ3) is 20.8. The number of rotatable bonds is 11. The molecular weight excluding hydrogens is 1410 g/mol. The van der Waals surface area contributed by atoms with Crippen molar-refractivity contribution in [3.05, 3.63) is 271 Å². The molecule has 10 heterocycles. The number of nitrogens with zero attached hydrogens (tertiary/aromatic N) is 13. The molecule has 2 aliphatic rings. The van der Waals surface area contributed by atoms with Gasteiger partial charge in [-0.3, -0.25) is 53.8 Å². The number of fused-ring (bicyclic) bond motifs is 6. The molecule has 0 spiro atoms. The minimum Gasteiger partial charge on any atom is -0.396 e. The molecule has 2 aliphatic heterocycles. The number of H-pyrrole nitrogens is 1. The zero-order valence-electron chi connectivity index (χ0n) is 54.5. The molecule has 528 valence electrons. The first-order valence-corrected chi connectivity index (χ1v) is 31.7. The number of carbonyl (C=O) groups excluding carboxylic acids is 5. The van der Waals surface area contributed by atoms with Crippen LogP contribution in [0.25, 0.3) is 22.1 Å². The average molecular weight is 1470 g/mol. The van der Waals surface area contributed by atoms with Crippen molar-refractivity contribution in [2.45, 2.75) is 77.1 Å². The summed E-state index contributed by atoms with van der Waals surface area (Å²) in [4.78, 5) is 80.8. The smallest absolute Gasteiger partial charge is 0.396 e. The van der Waals surface area contributed by atoms with Crippen LogP contribution in [0.4, 0.5) is 49.1 Å². The van der Waals surface area contributed by atoms with Crippen LogP contribution in [0.15, 0.2) is 189 Å². The number of aromatic amines is 1. The maximum atomic E-state index is 12.8. The molecule has 2 atom stereocenters. The molecule has 0 bridgehead atoms. The van der Waals surface area contributed by atoms with Gasteiger partial charge < -0.3 is 30.8 Å². The summed E-state index contributed by atoms with van der Waals surface area (Å²) in [5.41, 5.74) is 14.3. The number of nitro groups is 2. The Morgan fingerprint density at radius 2 is 1.09 bits per heavy atom. The molecule has 0 aliphatic carbocycles. The number of aryl methyl sites for hydroxylation is 2. The number of nitrogen functional groups attached to an aromatic ring is 1. The number of aromatic nitrogens is 12. The van der Waals surface area contributed by atoms with Crippen molar-refractivity contribution in [2.75, 3.05) is 24.1 Å². The fourth-order valence-electron chi connectivity index (χ4n) is 9.95. The van der Waals surface area contributed by atoms with Crippen molar-refractivity contribution in [2.24, 2.45) is 0 Å². The van der Waals surface area contributed by atoms with Crippen LogP contribution in [0, 0.1) is 34.1 Å². The largest absolute Gasteiger partial charge is 0.416 e. The maximum Gasteiger partial charge on any atom is 0.416 e. The Hall–Kier alpha value is -12.4. The molecule has 0 unspecified atom stereocenters. The first-order chi connectivity index (χ1) is 48.6. The zero-order chi connectivity index (χ0) is 73.8. The number of pyridine rings is 2. The standard InChI is InChI=1S/C23H19F3N6O2.C11H8F3N3O2.C11H11N3O.C11H13N3.C8H9Br.C3H3N3O2.CO2/c1-13-9-27-22(34)19-8-15-4-7-18(30-20(15)32(13)19)21(33)29-17-10-28-31(12-17)11-14-2-5-16(6-3-14)23(24,25)26;12-11(13,14)9-3-1-8(2-4-9)6-16-7-10(5-15-16)17(18)19;1-7-6-13-11(15)9-5-8-3-2-4-12-10(8)14(7)9;1-9-2-4-10(5-3-9)7-14-8-11(12)6-13-14;1-7-2-4-8(6-9)5-3-7;7-6(8)3-1-4-5-2-3;2-1-3/h2-8,10,12-13H,9,11H2,1H3,(H,27,34)(H,29,33);1-5,7H,6H2;2-5,7H,6H2,1H3,(H,13,15);2-6,8H,7,12H2,1H3;2-5H,6H2,1H3;1-2H,(H,4,5);/t13-;;7-;;;;/m1.1..../s1. The lowest BCUT2D eigenvalue weighted by molar-refractivity contribution is -0.385. The molecule has 27 nitrogen and oxygen atoms in total. The van der Waals surface area contributed by atoms with Crippen molar-refractivity contribution in [1.82, 2.24) is 69.3 Å². The summed E-state index contributed by atoms with van der Waals surface area (Å²) in [6, 6.07) is 37.4. The number of nitrogens with two attached hydrogens (primary N) is 1. The Labute approximate surface area is 583 Å². The molecule has 8 aromatic heterocycles. The van der Waals surface area contributed by atoms with Crippen molar-refractivity contribution in [3.8, 4) is 0 Å². The molecule has 34 heteroatoms. The quantitative estimate of drug-likeness (QED) is 0.0348.